The van der Waals surface area contributed by atoms with Gasteiger partial charge in [-0.05, 0) is 13.8 Å². The maximum atomic E-state index is 5.79. The molecule has 0 aliphatic rings. The highest BCUT2D eigenvalue weighted by atomic mass is 15.1. The maximum absolute atomic E-state index is 5.79. The van der Waals surface area contributed by atoms with Crippen molar-refractivity contribution in [1.82, 2.24) is 9.55 Å². The fourth-order valence-corrected chi connectivity index (χ4v) is 1.15. The van der Waals surface area contributed by atoms with Gasteiger partial charge in [-0.25, -0.2) is 4.98 Å². The highest BCUT2D eigenvalue weighted by Crippen LogP contribution is 2.13. The van der Waals surface area contributed by atoms with Crippen molar-refractivity contribution < 1.29 is 0 Å². The number of nitrogens with zero attached hydrogens (tertiary/aromatic N) is 2. The molecule has 0 saturated carbocycles. The summed E-state index contributed by atoms with van der Waals surface area (Å²) in [7, 11) is 0. The van der Waals surface area contributed by atoms with E-state index >= 15 is 0 Å². The molecular weight excluding hydrogens is 152 g/mol. The predicted molar refractivity (Wildman–Crippen MR) is 48.6 cm³/mol. The van der Waals surface area contributed by atoms with E-state index < -0.39 is 0 Å². The van der Waals surface area contributed by atoms with Crippen LogP contribution in [-0.4, -0.2) is 16.1 Å². The van der Waals surface area contributed by atoms with Gasteiger partial charge in [-0.1, -0.05) is 0 Å². The topological polar surface area (TPSA) is 69.9 Å². The molecule has 4 nitrogen and oxygen atoms in total. The monoisotopic (exact) mass is 168 g/mol. The third-order valence-corrected chi connectivity index (χ3v) is 1.89. The summed E-state index contributed by atoms with van der Waals surface area (Å²) in [4.78, 5) is 4.04. The van der Waals surface area contributed by atoms with Crippen LogP contribution >= 0.6 is 0 Å². The molecule has 0 aliphatic heterocycles. The van der Waals surface area contributed by atoms with E-state index in [-0.39, 0.29) is 6.04 Å². The lowest BCUT2D eigenvalue weighted by Gasteiger charge is -2.15. The zero-order valence-electron chi connectivity index (χ0n) is 7.57. The third kappa shape index (κ3) is 1.65. The molecule has 0 radical (unpaired) electrons. The Morgan fingerprint density at radius 1 is 1.58 bits per heavy atom. The number of hydrogen-bond donors (Lipinski definition) is 2. The summed E-state index contributed by atoms with van der Waals surface area (Å²) in [5, 5.41) is 0. The molecule has 0 fully saturated rings. The van der Waals surface area contributed by atoms with E-state index in [1.54, 1.807) is 12.5 Å². The van der Waals surface area contributed by atoms with Crippen molar-refractivity contribution in [2.75, 3.05) is 6.54 Å². The Kier molecular flexibility index (Phi) is 2.83. The van der Waals surface area contributed by atoms with Crippen LogP contribution in [0.2, 0.25) is 0 Å². The smallest absolute Gasteiger partial charge is 0.0951 e. The molecule has 0 aliphatic carbocycles. The highest BCUT2D eigenvalue weighted by Gasteiger charge is 2.10. The molecular formula is C8H16N4. The molecule has 1 heterocycles. The molecule has 68 valence electrons. The minimum atomic E-state index is -0.102. The first-order valence-electron chi connectivity index (χ1n) is 4.14. The van der Waals surface area contributed by atoms with Gasteiger partial charge in [0.2, 0.25) is 0 Å². The predicted octanol–water partition coefficient (Wildman–Crippen LogP) is 0.423. The summed E-state index contributed by atoms with van der Waals surface area (Å²) >= 11 is 0. The molecule has 0 spiro atoms. The first-order chi connectivity index (χ1) is 5.66. The van der Waals surface area contributed by atoms with Crippen LogP contribution in [0.3, 0.4) is 0 Å². The Bertz CT molecular complexity index is 241. The lowest BCUT2D eigenvalue weighted by Crippen LogP contribution is -2.24. The van der Waals surface area contributed by atoms with Crippen LogP contribution in [0, 0.1) is 0 Å². The molecule has 1 aromatic heterocycles. The Morgan fingerprint density at radius 2 is 2.25 bits per heavy atom. The fourth-order valence-electron chi connectivity index (χ4n) is 1.15. The lowest BCUT2D eigenvalue weighted by molar-refractivity contribution is 0.543. The summed E-state index contributed by atoms with van der Waals surface area (Å²) in [6, 6.07) is 0.287. The van der Waals surface area contributed by atoms with Gasteiger partial charge in [-0.15, -0.1) is 0 Å². The van der Waals surface area contributed by atoms with Crippen molar-refractivity contribution >= 4 is 0 Å². The Balaban J connectivity index is 2.91. The van der Waals surface area contributed by atoms with Gasteiger partial charge >= 0.3 is 0 Å². The second-order valence-corrected chi connectivity index (χ2v) is 3.16. The van der Waals surface area contributed by atoms with Gasteiger partial charge in [0.05, 0.1) is 18.1 Å². The second-order valence-electron chi connectivity index (χ2n) is 3.16. The number of aromatic nitrogens is 2. The Morgan fingerprint density at radius 3 is 2.75 bits per heavy atom. The molecule has 1 rings (SSSR count). The largest absolute Gasteiger partial charge is 0.331 e. The molecule has 4 heteroatoms. The molecule has 1 unspecified atom stereocenters. The van der Waals surface area contributed by atoms with Gasteiger partial charge in [0.1, 0.15) is 0 Å². The van der Waals surface area contributed by atoms with Crippen LogP contribution < -0.4 is 11.5 Å². The van der Waals surface area contributed by atoms with E-state index in [1.165, 1.54) is 0 Å². The summed E-state index contributed by atoms with van der Waals surface area (Å²) in [6.07, 6.45) is 3.56. The van der Waals surface area contributed by atoms with Crippen LogP contribution in [0.25, 0.3) is 0 Å². The zero-order chi connectivity index (χ0) is 9.14. The number of nitrogens with two attached hydrogens (primary N) is 2. The summed E-state index contributed by atoms with van der Waals surface area (Å²) in [5.74, 6) is 0. The normalized spacial score (nSPS) is 13.8. The maximum Gasteiger partial charge on any atom is 0.0951 e. The van der Waals surface area contributed by atoms with Gasteiger partial charge in [-0.3, -0.25) is 0 Å². The van der Waals surface area contributed by atoms with E-state index in [9.17, 15) is 0 Å². The third-order valence-electron chi connectivity index (χ3n) is 1.89. The summed E-state index contributed by atoms with van der Waals surface area (Å²) in [5.41, 5.74) is 12.3. The quantitative estimate of drug-likeness (QED) is 0.687. The highest BCUT2D eigenvalue weighted by molar-refractivity contribution is 5.05. The Hall–Kier alpha value is -0.870. The minimum absolute atomic E-state index is 0.102. The van der Waals surface area contributed by atoms with E-state index in [0.29, 0.717) is 12.6 Å². The Labute approximate surface area is 72.6 Å². The van der Waals surface area contributed by atoms with Crippen LogP contribution in [0.1, 0.15) is 31.6 Å². The molecule has 1 aromatic rings. The van der Waals surface area contributed by atoms with Gasteiger partial charge in [0.15, 0.2) is 0 Å². The van der Waals surface area contributed by atoms with Crippen molar-refractivity contribution in [2.45, 2.75) is 25.9 Å². The van der Waals surface area contributed by atoms with E-state index in [2.05, 4.69) is 18.8 Å². The van der Waals surface area contributed by atoms with E-state index in [1.807, 2.05) is 4.57 Å². The zero-order valence-corrected chi connectivity index (χ0v) is 7.57. The van der Waals surface area contributed by atoms with Gasteiger partial charge in [0.25, 0.3) is 0 Å². The number of hydrogen-bond acceptors (Lipinski definition) is 3. The van der Waals surface area contributed by atoms with Crippen molar-refractivity contribution in [3.05, 3.63) is 18.2 Å². The van der Waals surface area contributed by atoms with E-state index in [4.69, 9.17) is 11.5 Å². The average Bonchev–Trinajstić information content (AvgIpc) is 2.50. The minimum Gasteiger partial charge on any atom is -0.331 e. The summed E-state index contributed by atoms with van der Waals surface area (Å²) < 4.78 is 2.04. The van der Waals surface area contributed by atoms with Crippen molar-refractivity contribution in [3.63, 3.8) is 0 Å². The average molecular weight is 168 g/mol. The molecule has 4 N–H and O–H groups in total. The van der Waals surface area contributed by atoms with Gasteiger partial charge in [-0.2, -0.15) is 0 Å². The molecule has 0 bridgehead atoms. The first-order valence-corrected chi connectivity index (χ1v) is 4.14. The van der Waals surface area contributed by atoms with E-state index in [0.717, 1.165) is 5.69 Å². The van der Waals surface area contributed by atoms with Crippen LogP contribution in [0.15, 0.2) is 12.5 Å². The fraction of sp³-hybridized carbons (Fsp3) is 0.625. The number of rotatable bonds is 3. The molecule has 1 atom stereocenters. The first kappa shape index (κ1) is 9.22. The SMILES string of the molecule is CC(C)n1cncc1C(N)CN. The van der Waals surface area contributed by atoms with Crippen LogP contribution in [-0.2, 0) is 0 Å². The van der Waals surface area contributed by atoms with Gasteiger partial charge < -0.3 is 16.0 Å². The van der Waals surface area contributed by atoms with Crippen LogP contribution in [0.5, 0.6) is 0 Å². The number of imidazole rings is 1. The van der Waals surface area contributed by atoms with Crippen molar-refractivity contribution in [3.8, 4) is 0 Å². The molecule has 12 heavy (non-hydrogen) atoms. The second kappa shape index (κ2) is 3.69. The van der Waals surface area contributed by atoms with Crippen molar-refractivity contribution in [2.24, 2.45) is 11.5 Å². The van der Waals surface area contributed by atoms with Crippen molar-refractivity contribution in [1.29, 1.82) is 0 Å². The molecule has 0 saturated heterocycles. The molecule has 0 amide bonds. The van der Waals surface area contributed by atoms with Gasteiger partial charge in [0, 0.05) is 18.8 Å². The standard InChI is InChI=1S/C8H16N4/c1-6(2)12-5-11-4-8(12)7(10)3-9/h4-7H,3,9-10H2,1-2H3. The lowest BCUT2D eigenvalue weighted by atomic mass is 10.2. The molecule has 0 aromatic carbocycles. The van der Waals surface area contributed by atoms with Crippen LogP contribution in [0.4, 0.5) is 0 Å². The summed E-state index contributed by atoms with van der Waals surface area (Å²) in [6.45, 7) is 4.64.